The molecular weight excluding hydrogens is 398 g/mol. The highest BCUT2D eigenvalue weighted by molar-refractivity contribution is 6.01. The number of hydrogen-bond acceptors (Lipinski definition) is 6. The van der Waals surface area contributed by atoms with E-state index in [0.717, 1.165) is 11.3 Å². The van der Waals surface area contributed by atoms with Gasteiger partial charge < -0.3 is 4.74 Å². The van der Waals surface area contributed by atoms with Crippen molar-refractivity contribution >= 4 is 17.3 Å². The molecule has 0 aliphatic rings. The molecule has 0 radical (unpaired) electrons. The Kier molecular flexibility index (Phi) is 6.76. The molecule has 0 aliphatic carbocycles. The Morgan fingerprint density at radius 1 is 1.23 bits per heavy atom. The Bertz CT molecular complexity index is 1100. The first-order valence-corrected chi connectivity index (χ1v) is 9.71. The smallest absolute Gasteiger partial charge is 0.289 e. The Morgan fingerprint density at radius 3 is 2.65 bits per heavy atom. The van der Waals surface area contributed by atoms with Gasteiger partial charge in [0.2, 0.25) is 0 Å². The summed E-state index contributed by atoms with van der Waals surface area (Å²) >= 11 is 0. The first-order valence-electron chi connectivity index (χ1n) is 9.71. The maximum Gasteiger partial charge on any atom is 0.289 e. The van der Waals surface area contributed by atoms with Crippen LogP contribution in [-0.4, -0.2) is 33.3 Å². The summed E-state index contributed by atoms with van der Waals surface area (Å²) in [4.78, 5) is 22.8. The van der Waals surface area contributed by atoms with Crippen LogP contribution in [0.5, 0.6) is 5.75 Å². The van der Waals surface area contributed by atoms with Crippen molar-refractivity contribution in [2.75, 3.05) is 6.61 Å². The number of carbonyl (C=O) groups excluding carboxylic acids is 1. The van der Waals surface area contributed by atoms with Crippen molar-refractivity contribution in [1.29, 1.82) is 0 Å². The highest BCUT2D eigenvalue weighted by Crippen LogP contribution is 2.22. The van der Waals surface area contributed by atoms with Gasteiger partial charge in [-0.05, 0) is 43.2 Å². The number of carbonyl (C=O) groups is 1. The molecule has 0 bridgehead atoms. The number of hydrazone groups is 1. The van der Waals surface area contributed by atoms with Gasteiger partial charge in [-0.3, -0.25) is 20.0 Å². The lowest BCUT2D eigenvalue weighted by molar-refractivity contribution is -0.384. The standard InChI is InChI=1S/C22H23N5O4/c1-14(2)13-31-19-9-7-16(8-10-19)20-12-21(25-24-20)22(28)26-23-15(3)17-5-4-6-18(11-17)27(29)30/h4-12,14H,13H2,1-3H3,(H,24,25)(H,26,28)/b23-15-. The SMILES string of the molecule is C/C(=N/NC(=O)c1cc(-c2ccc(OCC(C)C)cc2)n[nH]1)c1cccc([N+](=O)[O-])c1. The van der Waals surface area contributed by atoms with Gasteiger partial charge in [-0.1, -0.05) is 26.0 Å². The Balaban J connectivity index is 1.65. The minimum absolute atomic E-state index is 0.0442. The second kappa shape index (κ2) is 9.66. The number of nitro groups is 1. The second-order valence-electron chi connectivity index (χ2n) is 7.34. The average molecular weight is 421 g/mol. The first kappa shape index (κ1) is 21.7. The number of rotatable bonds is 8. The monoisotopic (exact) mass is 421 g/mol. The van der Waals surface area contributed by atoms with Crippen molar-refractivity contribution < 1.29 is 14.5 Å². The number of nitro benzene ring substituents is 1. The summed E-state index contributed by atoms with van der Waals surface area (Å²) in [5.41, 5.74) is 5.06. The number of nitrogens with zero attached hydrogens (tertiary/aromatic N) is 3. The molecule has 1 amide bonds. The van der Waals surface area contributed by atoms with Crippen LogP contribution in [0.1, 0.15) is 36.8 Å². The molecule has 0 atom stereocenters. The molecule has 160 valence electrons. The van der Waals surface area contributed by atoms with E-state index in [2.05, 4.69) is 34.6 Å². The van der Waals surface area contributed by atoms with Gasteiger partial charge in [-0.15, -0.1) is 0 Å². The molecule has 3 rings (SSSR count). The summed E-state index contributed by atoms with van der Waals surface area (Å²) in [6.07, 6.45) is 0. The Morgan fingerprint density at radius 2 is 1.97 bits per heavy atom. The highest BCUT2D eigenvalue weighted by atomic mass is 16.6. The fourth-order valence-corrected chi connectivity index (χ4v) is 2.67. The third-order valence-corrected chi connectivity index (χ3v) is 4.36. The molecule has 0 fully saturated rings. The van der Waals surface area contributed by atoms with Gasteiger partial charge in [-0.25, -0.2) is 5.43 Å². The van der Waals surface area contributed by atoms with Crippen LogP contribution in [0.2, 0.25) is 0 Å². The summed E-state index contributed by atoms with van der Waals surface area (Å²) in [5, 5.41) is 21.8. The van der Waals surface area contributed by atoms with Crippen LogP contribution >= 0.6 is 0 Å². The molecule has 3 aromatic rings. The zero-order valence-electron chi connectivity index (χ0n) is 17.5. The molecule has 9 nitrogen and oxygen atoms in total. The number of hydrogen-bond donors (Lipinski definition) is 2. The van der Waals surface area contributed by atoms with Gasteiger partial charge >= 0.3 is 0 Å². The van der Waals surface area contributed by atoms with E-state index in [1.165, 1.54) is 12.1 Å². The fraction of sp³-hybridized carbons (Fsp3) is 0.227. The zero-order valence-corrected chi connectivity index (χ0v) is 17.5. The molecule has 2 N–H and O–H groups in total. The Labute approximate surface area is 179 Å². The lowest BCUT2D eigenvalue weighted by Gasteiger charge is -2.08. The van der Waals surface area contributed by atoms with E-state index >= 15 is 0 Å². The number of non-ortho nitro benzene ring substituents is 1. The van der Waals surface area contributed by atoms with Crippen LogP contribution in [0.15, 0.2) is 59.7 Å². The van der Waals surface area contributed by atoms with E-state index in [-0.39, 0.29) is 11.4 Å². The predicted molar refractivity (Wildman–Crippen MR) is 117 cm³/mol. The number of benzene rings is 2. The largest absolute Gasteiger partial charge is 0.493 e. The summed E-state index contributed by atoms with van der Waals surface area (Å²) in [7, 11) is 0. The quantitative estimate of drug-likeness (QED) is 0.321. The van der Waals surface area contributed by atoms with Crippen LogP contribution in [0.25, 0.3) is 11.3 Å². The molecule has 0 saturated heterocycles. The predicted octanol–water partition coefficient (Wildman–Crippen LogP) is 4.17. The number of H-pyrrole nitrogens is 1. The zero-order chi connectivity index (χ0) is 22.4. The van der Waals surface area contributed by atoms with Gasteiger partial charge in [0, 0.05) is 23.3 Å². The molecule has 1 heterocycles. The van der Waals surface area contributed by atoms with Crippen molar-refractivity contribution in [2.24, 2.45) is 11.0 Å². The third kappa shape index (κ3) is 5.75. The topological polar surface area (TPSA) is 123 Å². The molecule has 0 aliphatic heterocycles. The molecule has 9 heteroatoms. The minimum atomic E-state index is -0.482. The fourth-order valence-electron chi connectivity index (χ4n) is 2.67. The van der Waals surface area contributed by atoms with E-state index in [4.69, 9.17) is 4.74 Å². The number of ether oxygens (including phenoxy) is 1. The van der Waals surface area contributed by atoms with Gasteiger partial charge in [0.25, 0.3) is 11.6 Å². The molecular formula is C22H23N5O4. The lowest BCUT2D eigenvalue weighted by atomic mass is 10.1. The van der Waals surface area contributed by atoms with E-state index in [0.29, 0.717) is 29.5 Å². The normalized spacial score (nSPS) is 11.4. The van der Waals surface area contributed by atoms with Crippen LogP contribution in [-0.2, 0) is 0 Å². The number of nitrogens with one attached hydrogen (secondary N) is 2. The third-order valence-electron chi connectivity index (χ3n) is 4.36. The number of amides is 1. The molecule has 0 saturated carbocycles. The number of aromatic amines is 1. The summed E-state index contributed by atoms with van der Waals surface area (Å²) < 4.78 is 5.67. The van der Waals surface area contributed by atoms with Gasteiger partial charge in [-0.2, -0.15) is 10.2 Å². The second-order valence-corrected chi connectivity index (χ2v) is 7.34. The molecule has 0 unspecified atom stereocenters. The van der Waals surface area contributed by atoms with Gasteiger partial charge in [0.05, 0.1) is 22.9 Å². The first-order chi connectivity index (χ1) is 14.8. The maximum absolute atomic E-state index is 12.4. The van der Waals surface area contributed by atoms with Crippen molar-refractivity contribution in [3.63, 3.8) is 0 Å². The van der Waals surface area contributed by atoms with E-state index in [1.54, 1.807) is 25.1 Å². The van der Waals surface area contributed by atoms with E-state index < -0.39 is 10.8 Å². The van der Waals surface area contributed by atoms with Crippen LogP contribution in [0.4, 0.5) is 5.69 Å². The average Bonchev–Trinajstić information content (AvgIpc) is 3.26. The highest BCUT2D eigenvalue weighted by Gasteiger charge is 2.12. The van der Waals surface area contributed by atoms with E-state index in [9.17, 15) is 14.9 Å². The molecule has 0 spiro atoms. The van der Waals surface area contributed by atoms with Crippen molar-refractivity contribution in [1.82, 2.24) is 15.6 Å². The van der Waals surface area contributed by atoms with Crippen molar-refractivity contribution in [2.45, 2.75) is 20.8 Å². The summed E-state index contributed by atoms with van der Waals surface area (Å²) in [5.74, 6) is 0.743. The summed E-state index contributed by atoms with van der Waals surface area (Å²) in [6, 6.07) is 15.1. The maximum atomic E-state index is 12.4. The Hall–Kier alpha value is -4.01. The van der Waals surface area contributed by atoms with Crippen molar-refractivity contribution in [3.8, 4) is 17.0 Å². The van der Waals surface area contributed by atoms with Crippen LogP contribution < -0.4 is 10.2 Å². The lowest BCUT2D eigenvalue weighted by Crippen LogP contribution is -2.19. The molecule has 31 heavy (non-hydrogen) atoms. The molecule has 2 aromatic carbocycles. The van der Waals surface area contributed by atoms with E-state index in [1.807, 2.05) is 24.3 Å². The van der Waals surface area contributed by atoms with Crippen LogP contribution in [0, 0.1) is 16.0 Å². The minimum Gasteiger partial charge on any atom is -0.493 e. The van der Waals surface area contributed by atoms with Crippen molar-refractivity contribution in [3.05, 3.63) is 76.0 Å². The van der Waals surface area contributed by atoms with Gasteiger partial charge in [0.15, 0.2) is 0 Å². The summed E-state index contributed by atoms with van der Waals surface area (Å²) in [6.45, 7) is 6.46. The van der Waals surface area contributed by atoms with Crippen LogP contribution in [0.3, 0.4) is 0 Å². The van der Waals surface area contributed by atoms with Gasteiger partial charge in [0.1, 0.15) is 11.4 Å². The molecule has 1 aromatic heterocycles. The number of aromatic nitrogens is 2.